The van der Waals surface area contributed by atoms with Gasteiger partial charge >= 0.3 is 93.3 Å². The highest BCUT2D eigenvalue weighted by Gasteiger charge is 2.34. The Morgan fingerprint density at radius 1 is 0.252 bits per heavy atom. The number of likely N-dealkylation sites (N-methyl/N-ethyl adjacent to an activating group) is 1. The van der Waals surface area contributed by atoms with Crippen molar-refractivity contribution >= 4 is 113 Å². The Bertz CT molecular complexity index is 5810. The van der Waals surface area contributed by atoms with Gasteiger partial charge in [0.2, 0.25) is 0 Å². The third-order valence-corrected chi connectivity index (χ3v) is 22.4. The molecule has 0 amide bonds. The number of hydrogen-bond donors (Lipinski definition) is 0. The number of likely N-dealkylation sites (tertiary alicyclic amines) is 1. The second-order valence-corrected chi connectivity index (χ2v) is 31.9. The number of rotatable bonds is 24. The van der Waals surface area contributed by atoms with Gasteiger partial charge < -0.3 is 42.8 Å². The van der Waals surface area contributed by atoms with Crippen molar-refractivity contribution in [2.24, 2.45) is 0 Å². The van der Waals surface area contributed by atoms with Crippen LogP contribution in [0.1, 0.15) is 164 Å². The largest absolute Gasteiger partial charge is 0.466 e. The normalized spacial score (nSPS) is 17.9. The van der Waals surface area contributed by atoms with Crippen molar-refractivity contribution in [2.75, 3.05) is 88.5 Å². The summed E-state index contributed by atoms with van der Waals surface area (Å²) in [5.74, 6) is -0.172. The zero-order chi connectivity index (χ0) is 95.0. The molecule has 706 valence electrons. The van der Waals surface area contributed by atoms with Crippen LogP contribution in [-0.2, 0) is 85.8 Å². The molecule has 8 fully saturated rings. The molecule has 59 heteroatoms. The van der Waals surface area contributed by atoms with Gasteiger partial charge in [-0.3, -0.25) is 4.21 Å². The lowest BCUT2D eigenvalue weighted by Crippen LogP contribution is -2.48. The Morgan fingerprint density at radius 3 is 0.542 bits per heavy atom. The molecule has 2 saturated heterocycles. The third kappa shape index (κ3) is 27.8. The highest BCUT2D eigenvalue weighted by molar-refractivity contribution is 8.01. The molecule has 10 heterocycles. The molecule has 58 nitrogen and oxygen atoms in total. The molecular weight excluding hydrogens is 1760 g/mol. The summed E-state index contributed by atoms with van der Waals surface area (Å²) in [7, 11) is 9.99. The smallest absolute Gasteiger partial charge is 0.368 e. The minimum absolute atomic E-state index is 0.0628. The van der Waals surface area contributed by atoms with Crippen LogP contribution in [0.2, 0.25) is 0 Å². The van der Waals surface area contributed by atoms with Crippen LogP contribution in [0.25, 0.3) is 49.6 Å². The summed E-state index contributed by atoms with van der Waals surface area (Å²) in [5.41, 5.74) is -2.82. The number of aromatic nitrogens is 32. The van der Waals surface area contributed by atoms with Gasteiger partial charge in [0, 0.05) is 123 Å². The molecule has 16 rings (SSSR count). The minimum Gasteiger partial charge on any atom is -0.466 e. The molecule has 8 aliphatic rings. The molecule has 2 aliphatic heterocycles. The molecule has 0 unspecified atom stereocenters. The van der Waals surface area contributed by atoms with Crippen molar-refractivity contribution in [3.8, 4) is 0 Å². The SMILES string of the molecule is C=S1(=O)CC(n2nnn(/C=C\C(=O)OC)c2=O)C1.COC(=O)/C=C\n1nnn(C2CC2)c1=O.COC(=O)/C=C\n1nnn(C2CCC2)c1=O.COC(=O)/C=C\n1nnn(C2CCC2)c1=O.COC(=O)/C=C\n1nnn(C2CCC2)c1=O.COC(=O)/C=C\n1nnn(C2CCC2)c1=O.COC(=O)/C=C\n1nnn(C2CCCC2)c1=O.COC(=O)/C=C\n1nnn(C2CN(C)C2)c1=O. The molecule has 8 aromatic heterocycles. The summed E-state index contributed by atoms with van der Waals surface area (Å²) in [6, 6.07) is 0.789. The predicted molar refractivity (Wildman–Crippen MR) is 451 cm³/mol. The van der Waals surface area contributed by atoms with E-state index in [0.717, 1.165) is 226 Å². The zero-order valence-corrected chi connectivity index (χ0v) is 73.3. The van der Waals surface area contributed by atoms with Gasteiger partial charge in [0.15, 0.2) is 0 Å². The molecule has 0 bridgehead atoms. The molecule has 0 aromatic carbocycles. The van der Waals surface area contributed by atoms with E-state index in [9.17, 15) is 80.9 Å². The lowest BCUT2D eigenvalue weighted by Gasteiger charge is -2.34. The maximum atomic E-state index is 11.9. The van der Waals surface area contributed by atoms with Crippen LogP contribution >= 0.6 is 0 Å². The summed E-state index contributed by atoms with van der Waals surface area (Å²) >= 11 is 0. The van der Waals surface area contributed by atoms with E-state index in [1.807, 2.05) is 7.05 Å². The van der Waals surface area contributed by atoms with E-state index in [1.165, 1.54) is 133 Å². The minimum atomic E-state index is -2.04. The van der Waals surface area contributed by atoms with Crippen LogP contribution < -0.4 is 45.5 Å². The van der Waals surface area contributed by atoms with E-state index in [1.54, 1.807) is 0 Å². The fourth-order valence-corrected chi connectivity index (χ4v) is 13.5. The van der Waals surface area contributed by atoms with Crippen LogP contribution in [-0.4, -0.2) is 310 Å². The maximum Gasteiger partial charge on any atom is 0.368 e. The van der Waals surface area contributed by atoms with Gasteiger partial charge in [-0.1, -0.05) is 12.8 Å². The monoisotopic (exact) mass is 1860 g/mol. The van der Waals surface area contributed by atoms with E-state index in [4.69, 9.17) is 0 Å². The first-order valence-corrected chi connectivity index (χ1v) is 42.4. The maximum absolute atomic E-state index is 11.9. The van der Waals surface area contributed by atoms with Crippen LogP contribution in [0.5, 0.6) is 0 Å². The number of methoxy groups -OCH3 is 8. The number of hydrogen-bond acceptors (Lipinski definition) is 42. The fraction of sp³-hybridized carbons (Fsp3) is 0.542. The number of carbonyl (C=O) groups is 8. The van der Waals surface area contributed by atoms with Crippen molar-refractivity contribution in [1.29, 1.82) is 0 Å². The van der Waals surface area contributed by atoms with E-state index >= 15 is 0 Å². The van der Waals surface area contributed by atoms with E-state index < -0.39 is 63.0 Å². The van der Waals surface area contributed by atoms with Gasteiger partial charge in [-0.05, 0) is 209 Å². The lowest BCUT2D eigenvalue weighted by atomic mass is 9.93. The number of esters is 8. The average molecular weight is 1860 g/mol. The van der Waals surface area contributed by atoms with Gasteiger partial charge in [-0.25, -0.2) is 76.7 Å². The summed E-state index contributed by atoms with van der Waals surface area (Å²) in [6.45, 7) is 1.55. The van der Waals surface area contributed by atoms with Gasteiger partial charge in [0.25, 0.3) is 0 Å². The molecule has 131 heavy (non-hydrogen) atoms. The summed E-state index contributed by atoms with van der Waals surface area (Å²) in [6.07, 6.45) is 37.0. The number of ether oxygens (including phenoxy) is 8. The van der Waals surface area contributed by atoms with Crippen molar-refractivity contribution < 1.29 is 80.5 Å². The van der Waals surface area contributed by atoms with Crippen LogP contribution in [0.15, 0.2) is 87.0 Å². The van der Waals surface area contributed by atoms with Crippen molar-refractivity contribution in [1.82, 2.24) is 163 Å². The summed E-state index contributed by atoms with van der Waals surface area (Å²) < 4.78 is 65.3. The standard InChI is InChI=1S/C10H14N4O3.C9H13N5O3.C9H12N4O4S.4C9H12N4O3.C8H10N4O3/c1-17-9(15)6-7-13-10(16)14(12-11-13)8-4-2-3-5-8;1-12-5-7(6-12)14-9(16)13(10-11-14)4-3-8(15)17-2;1-17-8(14)3-4-12-9(15)13(11-10-12)7-5-18(2,16)6-7;4*1-16-8(14)5-6-12-9(15)13(11-10-12)7-3-2-4-7;1-15-7(13)4-5-11-8(14)12(10-9-11)6-2-3-6/h6-8H,2-5H2,1H3;3-4,7H,5-6H2,1-2H3;3-4,7H,2,5-6H2,1H3;4*5-7H,2-4H2,1H3;4-6H,2-3H2,1H3/b7-6-;2*4-3-;4*6-5-;5-4-. The molecule has 0 N–H and O–H groups in total. The summed E-state index contributed by atoms with van der Waals surface area (Å²) in [5, 5.41) is 59.1. The molecule has 0 atom stereocenters. The van der Waals surface area contributed by atoms with Gasteiger partial charge in [-0.15, -0.1) is 0 Å². The summed E-state index contributed by atoms with van der Waals surface area (Å²) in [4.78, 5) is 183. The quantitative estimate of drug-likeness (QED) is 0.0239. The van der Waals surface area contributed by atoms with Crippen molar-refractivity contribution in [2.45, 2.75) is 164 Å². The molecule has 6 saturated carbocycles. The van der Waals surface area contributed by atoms with Gasteiger partial charge in [0.05, 0.1) is 105 Å². The van der Waals surface area contributed by atoms with E-state index in [0.29, 0.717) is 11.5 Å². The molecule has 0 radical (unpaired) electrons. The number of nitrogens with zero attached hydrogens (tertiary/aromatic N) is 33. The van der Waals surface area contributed by atoms with Crippen LogP contribution in [0.4, 0.5) is 0 Å². The van der Waals surface area contributed by atoms with Crippen LogP contribution in [0.3, 0.4) is 0 Å². The first-order chi connectivity index (χ1) is 62.9. The Hall–Kier alpha value is -15.4. The first-order valence-electron chi connectivity index (χ1n) is 40.3. The lowest BCUT2D eigenvalue weighted by molar-refractivity contribution is -0.135. The molecule has 8 aromatic rings. The average Bonchev–Trinajstić information content (AvgIpc) is 1.66. The Labute approximate surface area is 738 Å². The molecule has 0 spiro atoms. The topological polar surface area (TPSA) is 652 Å². The highest BCUT2D eigenvalue weighted by atomic mass is 32.2. The second kappa shape index (κ2) is 48.0. The second-order valence-electron chi connectivity index (χ2n) is 29.3. The molecular formula is C72H97N33O25S. The number of tetrazole rings is 8. The predicted octanol–water partition coefficient (Wildman–Crippen LogP) is -4.22. The fourth-order valence-electron chi connectivity index (χ4n) is 11.9. The Morgan fingerprint density at radius 2 is 0.405 bits per heavy atom. The third-order valence-electron chi connectivity index (χ3n) is 20.4. The number of carbonyl (C=O) groups excluding carboxylic acids is 8. The van der Waals surface area contributed by atoms with Gasteiger partial charge in [0.1, 0.15) is 0 Å². The van der Waals surface area contributed by atoms with Crippen LogP contribution in [0, 0.1) is 0 Å². The van der Waals surface area contributed by atoms with E-state index in [-0.39, 0.29) is 88.2 Å². The first kappa shape index (κ1) is 99.4. The Kier molecular flexibility index (Phi) is 36.4. The van der Waals surface area contributed by atoms with Crippen molar-refractivity contribution in [3.05, 3.63) is 132 Å². The zero-order valence-electron chi connectivity index (χ0n) is 72.5. The highest BCUT2D eigenvalue weighted by Crippen LogP contribution is 2.33. The van der Waals surface area contributed by atoms with Crippen molar-refractivity contribution in [3.63, 3.8) is 0 Å². The van der Waals surface area contributed by atoms with E-state index in [2.05, 4.69) is 132 Å². The molecule has 6 aliphatic carbocycles. The van der Waals surface area contributed by atoms with Gasteiger partial charge in [-0.2, -0.15) is 74.9 Å². The Balaban J connectivity index is 0.000000169.